The van der Waals surface area contributed by atoms with E-state index in [4.69, 9.17) is 9.47 Å². The quantitative estimate of drug-likeness (QED) is 0.343. The Morgan fingerprint density at radius 2 is 1.67 bits per heavy atom. The first-order valence-electron chi connectivity index (χ1n) is 16.1. The number of hydrogen-bond acceptors (Lipinski definition) is 10. The molecule has 4 heterocycles. The van der Waals surface area contributed by atoms with Crippen LogP contribution < -0.4 is 20.5 Å². The zero-order valence-corrected chi connectivity index (χ0v) is 27.4. The number of carbonyl (C=O) groups is 1. The molecule has 48 heavy (non-hydrogen) atoms. The monoisotopic (exact) mass is 674 g/mol. The van der Waals surface area contributed by atoms with Gasteiger partial charge in [-0.1, -0.05) is 0 Å². The number of aromatic nitrogens is 2. The van der Waals surface area contributed by atoms with E-state index in [-0.39, 0.29) is 23.6 Å². The van der Waals surface area contributed by atoms with Crippen molar-refractivity contribution in [2.24, 2.45) is 0 Å². The maximum atomic E-state index is 13.6. The molecule has 1 amide bonds. The number of ether oxygens (including phenoxy) is 3. The summed E-state index contributed by atoms with van der Waals surface area (Å²) in [5, 5.41) is 13.3. The lowest BCUT2D eigenvalue weighted by molar-refractivity contribution is -0.274. The van der Waals surface area contributed by atoms with Crippen LogP contribution in [0.4, 0.5) is 24.5 Å². The second kappa shape index (κ2) is 13.3. The number of aliphatic hydroxyl groups excluding tert-OH is 1. The molecule has 2 N–H and O–H groups in total. The smallest absolute Gasteiger partial charge is 0.404 e. The van der Waals surface area contributed by atoms with Crippen LogP contribution in [0.1, 0.15) is 40.5 Å². The number of piperazine rings is 1. The van der Waals surface area contributed by atoms with Gasteiger partial charge in [-0.3, -0.25) is 24.0 Å². The van der Waals surface area contributed by atoms with Crippen LogP contribution in [-0.2, 0) is 14.3 Å². The maximum absolute atomic E-state index is 13.6. The number of aliphatic hydroxyl groups is 1. The van der Waals surface area contributed by atoms with E-state index < -0.39 is 41.6 Å². The van der Waals surface area contributed by atoms with Crippen molar-refractivity contribution in [2.45, 2.75) is 77.2 Å². The summed E-state index contributed by atoms with van der Waals surface area (Å²) in [6, 6.07) is 8.31. The van der Waals surface area contributed by atoms with Crippen molar-refractivity contribution in [3.05, 3.63) is 53.1 Å². The molecular formula is C33H41F3N6O6. The number of hydrogen-bond donors (Lipinski definition) is 2. The van der Waals surface area contributed by atoms with Crippen LogP contribution in [0.5, 0.6) is 5.75 Å². The fourth-order valence-corrected chi connectivity index (χ4v) is 6.43. The van der Waals surface area contributed by atoms with Gasteiger partial charge in [-0.25, -0.2) is 4.98 Å². The molecule has 6 rings (SSSR count). The molecule has 2 aromatic carbocycles. The Kier molecular flexibility index (Phi) is 9.43. The molecule has 4 atom stereocenters. The van der Waals surface area contributed by atoms with E-state index >= 15 is 0 Å². The average Bonchev–Trinajstić information content (AvgIpc) is 3.37. The van der Waals surface area contributed by atoms with Gasteiger partial charge >= 0.3 is 6.36 Å². The van der Waals surface area contributed by atoms with Crippen LogP contribution in [0.25, 0.3) is 16.6 Å². The molecule has 3 aliphatic rings. The molecule has 0 aliphatic carbocycles. The van der Waals surface area contributed by atoms with Gasteiger partial charge in [0, 0.05) is 45.0 Å². The maximum Gasteiger partial charge on any atom is 0.573 e. The zero-order chi connectivity index (χ0) is 34.4. The number of morpholine rings is 1. The van der Waals surface area contributed by atoms with Crippen LogP contribution in [0.15, 0.2) is 47.5 Å². The lowest BCUT2D eigenvalue weighted by atomic mass is 10.1. The molecule has 3 fully saturated rings. The molecule has 1 aromatic heterocycles. The zero-order valence-electron chi connectivity index (χ0n) is 27.4. The van der Waals surface area contributed by atoms with Crippen LogP contribution in [0.2, 0.25) is 0 Å². The number of carbonyl (C=O) groups excluding carboxylic acids is 1. The Labute approximate surface area is 276 Å². The predicted octanol–water partition coefficient (Wildman–Crippen LogP) is 3.69. The highest BCUT2D eigenvalue weighted by Gasteiger charge is 2.38. The van der Waals surface area contributed by atoms with Crippen LogP contribution >= 0.6 is 0 Å². The molecule has 2 bridgehead atoms. The summed E-state index contributed by atoms with van der Waals surface area (Å²) in [7, 11) is 0. The van der Waals surface area contributed by atoms with Crippen molar-refractivity contribution < 1.29 is 37.3 Å². The minimum Gasteiger partial charge on any atom is -0.404 e. The number of halogens is 3. The van der Waals surface area contributed by atoms with Gasteiger partial charge in [-0.05, 0) is 76.9 Å². The van der Waals surface area contributed by atoms with E-state index in [1.165, 1.54) is 23.0 Å². The Morgan fingerprint density at radius 1 is 1.00 bits per heavy atom. The molecule has 0 spiro atoms. The van der Waals surface area contributed by atoms with E-state index in [2.05, 4.69) is 19.9 Å². The molecule has 3 aromatic rings. The highest BCUT2D eigenvalue weighted by atomic mass is 19.4. The van der Waals surface area contributed by atoms with E-state index in [1.54, 1.807) is 13.0 Å². The summed E-state index contributed by atoms with van der Waals surface area (Å²) >= 11 is 0. The molecule has 4 unspecified atom stereocenters. The summed E-state index contributed by atoms with van der Waals surface area (Å²) < 4.78 is 56.9. The second-order valence-electron chi connectivity index (χ2n) is 13.5. The van der Waals surface area contributed by atoms with Gasteiger partial charge < -0.3 is 29.5 Å². The van der Waals surface area contributed by atoms with Crippen LogP contribution in [0, 0.1) is 0 Å². The minimum absolute atomic E-state index is 0.0348. The van der Waals surface area contributed by atoms with Crippen molar-refractivity contribution in [1.82, 2.24) is 19.4 Å². The third kappa shape index (κ3) is 7.76. The third-order valence-corrected chi connectivity index (χ3v) is 8.92. The number of rotatable bonds is 8. The molecule has 15 heteroatoms. The van der Waals surface area contributed by atoms with Crippen LogP contribution in [0.3, 0.4) is 0 Å². The summed E-state index contributed by atoms with van der Waals surface area (Å²) in [4.78, 5) is 37.3. The third-order valence-electron chi connectivity index (χ3n) is 8.92. The first-order chi connectivity index (χ1) is 22.6. The number of nitrogens with one attached hydrogen (secondary N) is 1. The summed E-state index contributed by atoms with van der Waals surface area (Å²) in [6.45, 7) is 10.9. The summed E-state index contributed by atoms with van der Waals surface area (Å²) in [5.74, 6) is -1.10. The lowest BCUT2D eigenvalue weighted by Crippen LogP contribution is -2.52. The number of fused-ring (bicyclic) bond motifs is 3. The molecule has 3 aliphatic heterocycles. The standard InChI is InChI=1S/C33H41F3N6O6/c1-20(41-17-23-7-8-24(18-41)46-23)29(43)38-27-16-22(6-10-28(27)47-33(34,35)36)42-19-37-26-15-21(5-9-25(26)30(42)44)39-11-13-40(14-12-39)31(45)48-32(2,3)4/h5-6,9-10,15-16,19-20,23-24,31,45H,7-8,11-14,17-18H2,1-4H3,(H,38,43). The van der Waals surface area contributed by atoms with E-state index in [0.717, 1.165) is 24.6 Å². The highest BCUT2D eigenvalue weighted by molar-refractivity contribution is 5.96. The van der Waals surface area contributed by atoms with Gasteiger partial charge in [-0.15, -0.1) is 13.2 Å². The lowest BCUT2D eigenvalue weighted by Gasteiger charge is -2.39. The van der Waals surface area contributed by atoms with Gasteiger partial charge in [-0.2, -0.15) is 0 Å². The molecule has 260 valence electrons. The molecule has 0 radical (unpaired) electrons. The Balaban J connectivity index is 1.21. The predicted molar refractivity (Wildman–Crippen MR) is 172 cm³/mol. The van der Waals surface area contributed by atoms with E-state index in [9.17, 15) is 27.9 Å². The molecule has 0 saturated carbocycles. The number of amides is 1. The largest absolute Gasteiger partial charge is 0.573 e. The summed E-state index contributed by atoms with van der Waals surface area (Å²) in [6.07, 6.45) is -2.81. The fraction of sp³-hybridized carbons (Fsp3) is 0.545. The van der Waals surface area contributed by atoms with Gasteiger partial charge in [0.1, 0.15) is 6.33 Å². The normalized spacial score (nSPS) is 22.1. The van der Waals surface area contributed by atoms with Crippen molar-refractivity contribution in [2.75, 3.05) is 49.5 Å². The van der Waals surface area contributed by atoms with Gasteiger partial charge in [0.25, 0.3) is 5.56 Å². The number of likely N-dealkylation sites (tertiary alicyclic amines) is 1. The fourth-order valence-electron chi connectivity index (χ4n) is 6.43. The Bertz CT molecular complexity index is 1690. The Hall–Kier alpha value is -3.76. The molecular weight excluding hydrogens is 633 g/mol. The van der Waals surface area contributed by atoms with Gasteiger partial charge in [0.15, 0.2) is 5.75 Å². The topological polar surface area (TPSA) is 122 Å². The Morgan fingerprint density at radius 3 is 2.31 bits per heavy atom. The van der Waals surface area contributed by atoms with Crippen molar-refractivity contribution in [3.8, 4) is 11.4 Å². The van der Waals surface area contributed by atoms with Crippen molar-refractivity contribution in [1.29, 1.82) is 0 Å². The second-order valence-corrected chi connectivity index (χ2v) is 13.5. The minimum atomic E-state index is -5.00. The first kappa shape index (κ1) is 34.1. The van der Waals surface area contributed by atoms with Crippen LogP contribution in [-0.4, -0.2) is 106 Å². The van der Waals surface area contributed by atoms with E-state index in [1.807, 2.05) is 42.7 Å². The number of nitrogens with zero attached hydrogens (tertiary/aromatic N) is 5. The van der Waals surface area contributed by atoms with Gasteiger partial charge in [0.2, 0.25) is 12.3 Å². The number of alkyl halides is 3. The molecule has 3 saturated heterocycles. The number of benzene rings is 2. The van der Waals surface area contributed by atoms with Crippen molar-refractivity contribution in [3.63, 3.8) is 0 Å². The molecule has 12 nitrogen and oxygen atoms in total. The SMILES string of the molecule is CC(C(=O)Nc1cc(-n2cnc3cc(N4CCN(C(O)OC(C)(C)C)CC4)ccc3c2=O)ccc1OC(F)(F)F)N1CC2CCC(C1)O2. The van der Waals surface area contributed by atoms with Crippen molar-refractivity contribution >= 4 is 28.2 Å². The number of anilines is 2. The summed E-state index contributed by atoms with van der Waals surface area (Å²) in [5.41, 5.74) is 0.372. The van der Waals surface area contributed by atoms with Gasteiger partial charge in [0.05, 0.1) is 46.1 Å². The highest BCUT2D eigenvalue weighted by Crippen LogP contribution is 2.33. The van der Waals surface area contributed by atoms with E-state index in [0.29, 0.717) is 50.2 Å². The average molecular weight is 675 g/mol. The first-order valence-corrected chi connectivity index (χ1v) is 16.1.